The van der Waals surface area contributed by atoms with Crippen molar-refractivity contribution in [1.29, 1.82) is 0 Å². The summed E-state index contributed by atoms with van der Waals surface area (Å²) >= 11 is 0. The zero-order chi connectivity index (χ0) is 26.8. The number of aliphatic hydroxyl groups is 1. The van der Waals surface area contributed by atoms with E-state index < -0.39 is 62.2 Å². The van der Waals surface area contributed by atoms with Gasteiger partial charge >= 0.3 is 19.4 Å². The first-order valence-electron chi connectivity index (χ1n) is 11.2. The quantitative estimate of drug-likeness (QED) is 0.387. The van der Waals surface area contributed by atoms with Gasteiger partial charge in [-0.3, -0.25) is 13.9 Å². The highest BCUT2D eigenvalue weighted by Crippen LogP contribution is 2.55. The molecule has 1 saturated heterocycles. The largest absolute Gasteiger partial charge is 0.480 e. The van der Waals surface area contributed by atoms with Gasteiger partial charge in [-0.25, -0.2) is 13.8 Å². The summed E-state index contributed by atoms with van der Waals surface area (Å²) in [6, 6.07) is 7.35. The molecule has 1 unspecified atom stereocenters. The number of rotatable bonds is 10. The first kappa shape index (κ1) is 27.8. The summed E-state index contributed by atoms with van der Waals surface area (Å²) < 4.78 is 48.4. The second-order valence-electron chi connectivity index (χ2n) is 8.82. The average molecular weight is 528 g/mol. The Balaban J connectivity index is 1.91. The number of nitrogens with two attached hydrogens (primary N) is 1. The zero-order valence-electron chi connectivity index (χ0n) is 20.2. The summed E-state index contributed by atoms with van der Waals surface area (Å²) in [6.45, 7) is 4.94. The van der Waals surface area contributed by atoms with Crippen molar-refractivity contribution in [3.8, 4) is 5.75 Å². The Morgan fingerprint density at radius 2 is 1.97 bits per heavy atom. The second kappa shape index (κ2) is 10.7. The molecule has 0 saturated carbocycles. The van der Waals surface area contributed by atoms with Crippen LogP contribution in [0, 0.1) is 0 Å². The van der Waals surface area contributed by atoms with E-state index in [4.69, 9.17) is 19.5 Å². The molecule has 0 spiro atoms. The minimum atomic E-state index is -4.40. The number of hydrogen-bond donors (Lipinski definition) is 3. The second-order valence-corrected chi connectivity index (χ2v) is 10.7. The lowest BCUT2D eigenvalue weighted by Crippen LogP contribution is -2.44. The third kappa shape index (κ3) is 5.60. The molecule has 2 heterocycles. The molecule has 198 valence electrons. The Morgan fingerprint density at radius 1 is 1.33 bits per heavy atom. The third-order valence-corrected chi connectivity index (χ3v) is 8.04. The van der Waals surface area contributed by atoms with Gasteiger partial charge in [0.05, 0.1) is 6.61 Å². The monoisotopic (exact) mass is 528 g/mol. The van der Waals surface area contributed by atoms with E-state index in [2.05, 4.69) is 4.98 Å². The molecule has 36 heavy (non-hydrogen) atoms. The summed E-state index contributed by atoms with van der Waals surface area (Å²) in [5.74, 6) is -1.20. The lowest BCUT2D eigenvalue weighted by molar-refractivity contribution is -0.141. The number of carboxylic acids is 1. The van der Waals surface area contributed by atoms with Gasteiger partial charge in [0.2, 0.25) is 0 Å². The number of aliphatic carboxylic acids is 1. The first-order chi connectivity index (χ1) is 16.8. The van der Waals surface area contributed by atoms with Crippen molar-refractivity contribution in [3.63, 3.8) is 0 Å². The molecule has 0 bridgehead atoms. The molecular weight excluding hydrogens is 498 g/mol. The molecule has 1 fully saturated rings. The number of benzene rings is 1. The summed E-state index contributed by atoms with van der Waals surface area (Å²) in [7, 11) is -4.40. The Morgan fingerprint density at radius 3 is 2.53 bits per heavy atom. The topological polar surface area (TPSA) is 166 Å². The van der Waals surface area contributed by atoms with Crippen molar-refractivity contribution in [2.75, 3.05) is 12.3 Å². The summed E-state index contributed by atoms with van der Waals surface area (Å²) in [4.78, 5) is 27.5. The highest BCUT2D eigenvalue weighted by atomic mass is 31.2. The molecule has 1 aromatic heterocycles. The van der Waals surface area contributed by atoms with Gasteiger partial charge in [0.25, 0.3) is 0 Å². The normalized spacial score (nSPS) is 26.6. The maximum Gasteiger partial charge on any atom is 0.462 e. The standard InChI is InChI=1S/C22H30FN4O8P/c1-13(2)27(14(3)19(29)30)36(32,35-15-8-6-5-7-9-15)33-12-16-18(28)22(4,23)20(34-16)26-11-10-17(24)25-21(26)31/h5-11,13-14,16,18,20,28H,12H2,1-4H3,(H,29,30)(H2,24,25,31)/t14?,16-,18-,20-,22-,36+/m1/s1. The Kier molecular flexibility index (Phi) is 8.21. The van der Waals surface area contributed by atoms with E-state index in [1.165, 1.54) is 31.3 Å². The molecule has 3 rings (SSSR count). The SMILES string of the molecule is CC(C)N(C(C)C(=O)O)[P@](=O)(OC[C@H]1O[C@@H](n2ccc(N)nc2=O)[C@](C)(F)[C@@H]1O)Oc1ccccc1. The Bertz CT molecular complexity index is 1180. The maximum absolute atomic E-state index is 15.5. The van der Waals surface area contributed by atoms with E-state index in [-0.39, 0.29) is 11.6 Å². The Labute approximate surface area is 207 Å². The van der Waals surface area contributed by atoms with Gasteiger partial charge in [-0.05, 0) is 45.9 Å². The summed E-state index contributed by atoms with van der Waals surface area (Å²) in [6.07, 6.45) is -3.60. The molecule has 4 N–H and O–H groups in total. The lowest BCUT2D eigenvalue weighted by Gasteiger charge is -2.35. The van der Waals surface area contributed by atoms with Crippen LogP contribution in [0.25, 0.3) is 0 Å². The third-order valence-electron chi connectivity index (χ3n) is 5.75. The molecule has 1 aromatic carbocycles. The maximum atomic E-state index is 15.5. The molecule has 12 nitrogen and oxygen atoms in total. The number of nitrogen functional groups attached to an aromatic ring is 1. The Hall–Kier alpha value is -2.83. The zero-order valence-corrected chi connectivity index (χ0v) is 21.1. The van der Waals surface area contributed by atoms with Crippen LogP contribution >= 0.6 is 7.75 Å². The molecule has 0 amide bonds. The first-order valence-corrected chi connectivity index (χ1v) is 12.7. The van der Waals surface area contributed by atoms with Gasteiger partial charge in [-0.15, -0.1) is 0 Å². The number of para-hydroxylation sites is 1. The van der Waals surface area contributed by atoms with Crippen LogP contribution in [-0.2, 0) is 18.6 Å². The van der Waals surface area contributed by atoms with E-state index in [0.717, 1.165) is 16.2 Å². The number of aliphatic hydroxyl groups excluding tert-OH is 1. The molecular formula is C22H30FN4O8P. The smallest absolute Gasteiger partial charge is 0.462 e. The predicted octanol–water partition coefficient (Wildman–Crippen LogP) is 2.20. The van der Waals surface area contributed by atoms with Gasteiger partial charge in [-0.1, -0.05) is 18.2 Å². The van der Waals surface area contributed by atoms with Crippen molar-refractivity contribution in [1.82, 2.24) is 14.2 Å². The van der Waals surface area contributed by atoms with Crippen molar-refractivity contribution in [2.45, 2.75) is 63.9 Å². The fourth-order valence-electron chi connectivity index (χ4n) is 3.93. The van der Waals surface area contributed by atoms with E-state index in [1.54, 1.807) is 32.0 Å². The summed E-state index contributed by atoms with van der Waals surface area (Å²) in [5, 5.41) is 20.2. The molecule has 2 aromatic rings. The van der Waals surface area contributed by atoms with E-state index in [0.29, 0.717) is 0 Å². The van der Waals surface area contributed by atoms with E-state index >= 15 is 4.39 Å². The highest BCUT2D eigenvalue weighted by molar-refractivity contribution is 7.51. The lowest BCUT2D eigenvalue weighted by atomic mass is 9.98. The minimum Gasteiger partial charge on any atom is -0.480 e. The van der Waals surface area contributed by atoms with Crippen LogP contribution in [0.15, 0.2) is 47.4 Å². The number of aromatic nitrogens is 2. The van der Waals surface area contributed by atoms with Crippen LogP contribution in [0.3, 0.4) is 0 Å². The molecule has 1 aliphatic heterocycles. The minimum absolute atomic E-state index is 0.0735. The number of anilines is 1. The fourth-order valence-corrected chi connectivity index (χ4v) is 6.03. The van der Waals surface area contributed by atoms with Gasteiger partial charge in [-0.2, -0.15) is 9.65 Å². The van der Waals surface area contributed by atoms with E-state index in [9.17, 15) is 24.4 Å². The molecule has 0 aliphatic carbocycles. The van der Waals surface area contributed by atoms with Crippen LogP contribution in [0.2, 0.25) is 0 Å². The molecule has 0 radical (unpaired) electrons. The number of nitrogens with zero attached hydrogens (tertiary/aromatic N) is 3. The van der Waals surface area contributed by atoms with Crippen molar-refractivity contribution in [3.05, 3.63) is 53.1 Å². The number of ether oxygens (including phenoxy) is 1. The van der Waals surface area contributed by atoms with Crippen LogP contribution in [-0.4, -0.2) is 67.0 Å². The molecule has 14 heteroatoms. The molecule has 1 aliphatic rings. The average Bonchev–Trinajstić information content (AvgIpc) is 3.01. The number of halogens is 1. The van der Waals surface area contributed by atoms with Gasteiger partial charge in [0.1, 0.15) is 29.8 Å². The predicted molar refractivity (Wildman–Crippen MR) is 127 cm³/mol. The van der Waals surface area contributed by atoms with Crippen molar-refractivity contribution < 1.29 is 37.7 Å². The summed E-state index contributed by atoms with van der Waals surface area (Å²) in [5.41, 5.74) is 2.13. The van der Waals surface area contributed by atoms with Crippen LogP contribution in [0.1, 0.15) is 33.9 Å². The van der Waals surface area contributed by atoms with Crippen LogP contribution in [0.5, 0.6) is 5.75 Å². The van der Waals surface area contributed by atoms with Gasteiger partial charge in [0.15, 0.2) is 11.9 Å². The van der Waals surface area contributed by atoms with Crippen molar-refractivity contribution in [2.24, 2.45) is 0 Å². The van der Waals surface area contributed by atoms with Crippen molar-refractivity contribution >= 4 is 19.5 Å². The van der Waals surface area contributed by atoms with E-state index in [1.807, 2.05) is 0 Å². The van der Waals surface area contributed by atoms with Gasteiger partial charge in [0, 0.05) is 12.2 Å². The number of alkyl halides is 1. The van der Waals surface area contributed by atoms with Crippen LogP contribution < -0.4 is 15.9 Å². The molecule has 6 atom stereocenters. The highest BCUT2D eigenvalue weighted by Gasteiger charge is 2.56. The fraction of sp³-hybridized carbons (Fsp3) is 0.500. The number of hydrogen-bond acceptors (Lipinski definition) is 9. The van der Waals surface area contributed by atoms with Crippen LogP contribution in [0.4, 0.5) is 10.2 Å². The number of carboxylic acid groups (broad SMARTS) is 1. The number of carbonyl (C=O) groups is 1. The van der Waals surface area contributed by atoms with Gasteiger partial charge < -0.3 is 25.2 Å².